The van der Waals surface area contributed by atoms with Crippen molar-refractivity contribution in [3.05, 3.63) is 23.0 Å². The molecule has 1 aromatic heterocycles. The van der Waals surface area contributed by atoms with E-state index in [9.17, 15) is 4.79 Å². The van der Waals surface area contributed by atoms with E-state index in [2.05, 4.69) is 15.5 Å². The van der Waals surface area contributed by atoms with Gasteiger partial charge in [-0.05, 0) is 40.2 Å². The molecule has 0 spiro atoms. The summed E-state index contributed by atoms with van der Waals surface area (Å²) in [7, 11) is 0. The zero-order chi connectivity index (χ0) is 13.0. The van der Waals surface area contributed by atoms with Crippen molar-refractivity contribution < 1.29 is 4.79 Å². The summed E-state index contributed by atoms with van der Waals surface area (Å²) in [5.41, 5.74) is 7.64. The van der Waals surface area contributed by atoms with Crippen LogP contribution in [0.3, 0.4) is 0 Å². The first-order valence-corrected chi connectivity index (χ1v) is 5.77. The molecule has 0 bridgehead atoms. The van der Waals surface area contributed by atoms with Gasteiger partial charge in [0.2, 0.25) is 0 Å². The third kappa shape index (κ3) is 4.11. The first kappa shape index (κ1) is 13.6. The average Bonchev–Trinajstić information content (AvgIpc) is 2.20. The summed E-state index contributed by atoms with van der Waals surface area (Å²) in [4.78, 5) is 12.0. The predicted molar refractivity (Wildman–Crippen MR) is 66.7 cm³/mol. The number of aromatic nitrogens is 2. The second kappa shape index (κ2) is 5.72. The van der Waals surface area contributed by atoms with Crippen molar-refractivity contribution in [3.8, 4) is 0 Å². The second-order valence-electron chi connectivity index (χ2n) is 4.57. The third-order valence-corrected chi connectivity index (χ3v) is 2.45. The Bertz CT molecular complexity index is 403. The number of amides is 1. The molecule has 0 aliphatic carbocycles. The van der Waals surface area contributed by atoms with E-state index in [1.54, 1.807) is 13.0 Å². The van der Waals surface area contributed by atoms with Gasteiger partial charge in [0, 0.05) is 12.1 Å². The lowest BCUT2D eigenvalue weighted by Crippen LogP contribution is -2.37. The van der Waals surface area contributed by atoms with Crippen LogP contribution in [0.5, 0.6) is 0 Å². The zero-order valence-electron chi connectivity index (χ0n) is 10.8. The summed E-state index contributed by atoms with van der Waals surface area (Å²) >= 11 is 0. The van der Waals surface area contributed by atoms with Gasteiger partial charge >= 0.3 is 0 Å². The lowest BCUT2D eigenvalue weighted by molar-refractivity contribution is 0.0936. The van der Waals surface area contributed by atoms with Crippen molar-refractivity contribution in [3.63, 3.8) is 0 Å². The summed E-state index contributed by atoms with van der Waals surface area (Å²) < 4.78 is 0. The van der Waals surface area contributed by atoms with E-state index in [4.69, 9.17) is 5.73 Å². The van der Waals surface area contributed by atoms with Crippen LogP contribution in [0.25, 0.3) is 0 Å². The maximum absolute atomic E-state index is 12.0. The van der Waals surface area contributed by atoms with E-state index < -0.39 is 0 Å². The number of nitrogens with two attached hydrogens (primary N) is 1. The number of nitrogens with one attached hydrogen (secondary N) is 1. The number of carbonyl (C=O) groups excluding carboxylic acids is 1. The second-order valence-corrected chi connectivity index (χ2v) is 4.57. The Kier molecular flexibility index (Phi) is 4.57. The Morgan fingerprint density at radius 2 is 2.06 bits per heavy atom. The van der Waals surface area contributed by atoms with Crippen molar-refractivity contribution in [2.24, 2.45) is 5.73 Å². The van der Waals surface area contributed by atoms with Crippen molar-refractivity contribution >= 4 is 5.91 Å². The number of aryl methyl sites for hydroxylation is 2. The molecule has 0 saturated heterocycles. The molecule has 5 nitrogen and oxygen atoms in total. The smallest absolute Gasteiger partial charge is 0.253 e. The van der Waals surface area contributed by atoms with E-state index in [1.807, 2.05) is 20.8 Å². The molecule has 0 fully saturated rings. The predicted octanol–water partition coefficient (Wildman–Crippen LogP) is 0.949. The van der Waals surface area contributed by atoms with Gasteiger partial charge in [-0.1, -0.05) is 0 Å². The van der Waals surface area contributed by atoms with E-state index >= 15 is 0 Å². The highest BCUT2D eigenvalue weighted by atomic mass is 16.1. The molecule has 0 aliphatic heterocycles. The molecule has 0 aliphatic rings. The first-order valence-electron chi connectivity index (χ1n) is 5.77. The van der Waals surface area contributed by atoms with E-state index in [0.717, 1.165) is 12.1 Å². The quantitative estimate of drug-likeness (QED) is 0.815. The van der Waals surface area contributed by atoms with E-state index in [0.29, 0.717) is 11.3 Å². The molecule has 0 radical (unpaired) electrons. The molecule has 94 valence electrons. The minimum absolute atomic E-state index is 0.0513. The van der Waals surface area contributed by atoms with Crippen LogP contribution in [0.1, 0.15) is 42.0 Å². The molecule has 5 heteroatoms. The van der Waals surface area contributed by atoms with Crippen LogP contribution in [0, 0.1) is 13.8 Å². The summed E-state index contributed by atoms with van der Waals surface area (Å²) in [5.74, 6) is -0.117. The van der Waals surface area contributed by atoms with Gasteiger partial charge in [0.25, 0.3) is 5.91 Å². The van der Waals surface area contributed by atoms with Gasteiger partial charge in [-0.15, -0.1) is 0 Å². The van der Waals surface area contributed by atoms with E-state index in [1.165, 1.54) is 0 Å². The van der Waals surface area contributed by atoms with Gasteiger partial charge in [-0.2, -0.15) is 10.2 Å². The average molecular weight is 236 g/mol. The fraction of sp³-hybridized carbons (Fsp3) is 0.583. The minimum atomic E-state index is -0.117. The first-order chi connectivity index (χ1) is 7.90. The Morgan fingerprint density at radius 3 is 2.65 bits per heavy atom. The van der Waals surface area contributed by atoms with Gasteiger partial charge in [0.05, 0.1) is 17.0 Å². The van der Waals surface area contributed by atoms with Gasteiger partial charge in [-0.25, -0.2) is 0 Å². The monoisotopic (exact) mass is 236 g/mol. The summed E-state index contributed by atoms with van der Waals surface area (Å²) in [5, 5.41) is 10.7. The standard InChI is InChI=1S/C12H20N4O/c1-7(13)5-8(2)14-12(17)11-6-9(3)15-16-10(11)4/h6-8H,5,13H2,1-4H3,(H,14,17). The molecule has 2 atom stereocenters. The lowest BCUT2D eigenvalue weighted by atomic mass is 10.1. The largest absolute Gasteiger partial charge is 0.349 e. The minimum Gasteiger partial charge on any atom is -0.349 e. The van der Waals surface area contributed by atoms with Crippen LogP contribution in [0.15, 0.2) is 6.07 Å². The molecule has 1 rings (SSSR count). The Morgan fingerprint density at radius 1 is 1.41 bits per heavy atom. The van der Waals surface area contributed by atoms with Crippen molar-refractivity contribution in [1.82, 2.24) is 15.5 Å². The van der Waals surface area contributed by atoms with Crippen LogP contribution < -0.4 is 11.1 Å². The molecule has 3 N–H and O–H groups in total. The third-order valence-electron chi connectivity index (χ3n) is 2.45. The maximum Gasteiger partial charge on any atom is 0.253 e. The number of nitrogens with zero attached hydrogens (tertiary/aromatic N) is 2. The summed E-state index contributed by atoms with van der Waals surface area (Å²) in [6.07, 6.45) is 0.752. The van der Waals surface area contributed by atoms with Gasteiger partial charge < -0.3 is 11.1 Å². The van der Waals surface area contributed by atoms with Crippen molar-refractivity contribution in [2.75, 3.05) is 0 Å². The number of rotatable bonds is 4. The van der Waals surface area contributed by atoms with Crippen LogP contribution >= 0.6 is 0 Å². The number of hydrogen-bond acceptors (Lipinski definition) is 4. The zero-order valence-corrected chi connectivity index (χ0v) is 10.8. The molecule has 1 aromatic rings. The lowest BCUT2D eigenvalue weighted by Gasteiger charge is -2.16. The highest BCUT2D eigenvalue weighted by Gasteiger charge is 2.14. The normalized spacial score (nSPS) is 14.2. The number of hydrogen-bond donors (Lipinski definition) is 2. The Balaban J connectivity index is 2.73. The Hall–Kier alpha value is -1.49. The van der Waals surface area contributed by atoms with Gasteiger partial charge in [0.1, 0.15) is 0 Å². The van der Waals surface area contributed by atoms with E-state index in [-0.39, 0.29) is 18.0 Å². The molecule has 0 saturated carbocycles. The van der Waals surface area contributed by atoms with Crippen LogP contribution in [-0.4, -0.2) is 28.2 Å². The number of carbonyl (C=O) groups is 1. The topological polar surface area (TPSA) is 80.9 Å². The van der Waals surface area contributed by atoms with Crippen LogP contribution in [0.4, 0.5) is 0 Å². The highest BCUT2D eigenvalue weighted by Crippen LogP contribution is 2.06. The maximum atomic E-state index is 12.0. The van der Waals surface area contributed by atoms with Crippen LogP contribution in [0.2, 0.25) is 0 Å². The van der Waals surface area contributed by atoms with Crippen molar-refractivity contribution in [2.45, 2.75) is 46.2 Å². The SMILES string of the molecule is Cc1cc(C(=O)NC(C)CC(C)N)c(C)nn1. The molecule has 2 unspecified atom stereocenters. The fourth-order valence-corrected chi connectivity index (χ4v) is 1.70. The molecule has 1 heterocycles. The van der Waals surface area contributed by atoms with Crippen molar-refractivity contribution in [1.29, 1.82) is 0 Å². The summed E-state index contributed by atoms with van der Waals surface area (Å²) in [6.45, 7) is 7.45. The molecular formula is C12H20N4O. The Labute approximate surface area is 102 Å². The van der Waals surface area contributed by atoms with Gasteiger partial charge in [0.15, 0.2) is 0 Å². The highest BCUT2D eigenvalue weighted by molar-refractivity contribution is 5.95. The molecule has 17 heavy (non-hydrogen) atoms. The summed E-state index contributed by atoms with van der Waals surface area (Å²) in [6, 6.07) is 1.87. The fourth-order valence-electron chi connectivity index (χ4n) is 1.70. The molecular weight excluding hydrogens is 216 g/mol. The van der Waals surface area contributed by atoms with Gasteiger partial charge in [-0.3, -0.25) is 4.79 Å². The van der Waals surface area contributed by atoms with Crippen LogP contribution in [-0.2, 0) is 0 Å². The molecule has 0 aromatic carbocycles. The molecule has 1 amide bonds.